The van der Waals surface area contributed by atoms with Gasteiger partial charge in [-0.2, -0.15) is 5.10 Å². The molecule has 1 amide bonds. The van der Waals surface area contributed by atoms with Crippen LogP contribution in [0, 0.1) is 6.92 Å². The summed E-state index contributed by atoms with van der Waals surface area (Å²) < 4.78 is 1.21. The highest BCUT2D eigenvalue weighted by molar-refractivity contribution is 5.79. The lowest BCUT2D eigenvalue weighted by Gasteiger charge is -2.15. The zero-order chi connectivity index (χ0) is 18.5. The predicted molar refractivity (Wildman–Crippen MR) is 99.5 cm³/mol. The van der Waals surface area contributed by atoms with Gasteiger partial charge < -0.3 is 5.32 Å². The fourth-order valence-electron chi connectivity index (χ4n) is 2.52. The second-order valence-electron chi connectivity index (χ2n) is 6.08. The first-order chi connectivity index (χ1) is 12.5. The molecule has 1 unspecified atom stereocenters. The molecule has 0 bridgehead atoms. The van der Waals surface area contributed by atoms with E-state index in [1.54, 1.807) is 19.2 Å². The largest absolute Gasteiger partial charge is 0.349 e. The van der Waals surface area contributed by atoms with Crippen LogP contribution in [0.2, 0.25) is 0 Å². The van der Waals surface area contributed by atoms with Gasteiger partial charge in [0.15, 0.2) is 0 Å². The fourth-order valence-corrected chi connectivity index (χ4v) is 2.52. The van der Waals surface area contributed by atoms with Crippen LogP contribution in [0.1, 0.15) is 24.2 Å². The minimum absolute atomic E-state index is 0.286. The Labute approximate surface area is 151 Å². The Balaban J connectivity index is 1.78. The summed E-state index contributed by atoms with van der Waals surface area (Å²) in [6, 6.07) is 15.7. The minimum Gasteiger partial charge on any atom is -0.349 e. The smallest absolute Gasteiger partial charge is 0.267 e. The van der Waals surface area contributed by atoms with Crippen LogP contribution < -0.4 is 10.9 Å². The van der Waals surface area contributed by atoms with E-state index < -0.39 is 6.04 Å². The van der Waals surface area contributed by atoms with Crippen molar-refractivity contribution in [2.24, 2.45) is 0 Å². The molecule has 1 aromatic carbocycles. The van der Waals surface area contributed by atoms with Crippen molar-refractivity contribution in [3.63, 3.8) is 0 Å². The van der Waals surface area contributed by atoms with Crippen LogP contribution in [0.4, 0.5) is 0 Å². The van der Waals surface area contributed by atoms with E-state index in [1.165, 1.54) is 10.7 Å². The molecule has 6 heteroatoms. The Kier molecular flexibility index (Phi) is 5.22. The predicted octanol–water partition coefficient (Wildman–Crippen LogP) is 2.49. The molecule has 0 aliphatic heterocycles. The molecule has 0 saturated carbocycles. The Morgan fingerprint density at radius 1 is 1.12 bits per heavy atom. The van der Waals surface area contributed by atoms with Crippen molar-refractivity contribution in [3.8, 4) is 11.3 Å². The number of pyridine rings is 1. The van der Waals surface area contributed by atoms with Crippen LogP contribution in [0.5, 0.6) is 0 Å². The van der Waals surface area contributed by atoms with Gasteiger partial charge in [0.25, 0.3) is 5.56 Å². The number of hydrogen-bond acceptors (Lipinski definition) is 4. The van der Waals surface area contributed by atoms with Crippen molar-refractivity contribution < 1.29 is 4.79 Å². The van der Waals surface area contributed by atoms with E-state index in [9.17, 15) is 9.59 Å². The number of aromatic nitrogens is 3. The summed E-state index contributed by atoms with van der Waals surface area (Å²) in [5.74, 6) is -0.286. The van der Waals surface area contributed by atoms with Crippen LogP contribution in [0.15, 0.2) is 65.6 Å². The number of hydrogen-bond donors (Lipinski definition) is 1. The van der Waals surface area contributed by atoms with E-state index in [2.05, 4.69) is 15.4 Å². The summed E-state index contributed by atoms with van der Waals surface area (Å²) in [7, 11) is 0. The molecule has 1 atom stereocenters. The number of benzene rings is 1. The van der Waals surface area contributed by atoms with Gasteiger partial charge in [-0.25, -0.2) is 4.68 Å². The number of carbonyl (C=O) groups excluding carboxylic acids is 1. The number of rotatable bonds is 5. The second-order valence-corrected chi connectivity index (χ2v) is 6.08. The standard InChI is InChI=1S/C20H20N4O2/c1-14-6-8-16(9-7-14)18-10-11-19(25)24(23-18)15(2)20(26)22-13-17-5-3-4-12-21-17/h3-12,15H,13H2,1-2H3,(H,22,26). The molecule has 0 fully saturated rings. The van der Waals surface area contributed by atoms with Gasteiger partial charge in [-0.05, 0) is 32.0 Å². The third-order valence-electron chi connectivity index (χ3n) is 4.09. The molecule has 0 radical (unpaired) electrons. The first kappa shape index (κ1) is 17.5. The normalized spacial score (nSPS) is 11.8. The quantitative estimate of drug-likeness (QED) is 0.768. The highest BCUT2D eigenvalue weighted by Gasteiger charge is 2.18. The first-order valence-corrected chi connectivity index (χ1v) is 8.39. The van der Waals surface area contributed by atoms with Crippen molar-refractivity contribution in [2.45, 2.75) is 26.4 Å². The minimum atomic E-state index is -0.725. The molecule has 0 saturated heterocycles. The van der Waals surface area contributed by atoms with Crippen molar-refractivity contribution in [2.75, 3.05) is 0 Å². The zero-order valence-electron chi connectivity index (χ0n) is 14.7. The van der Waals surface area contributed by atoms with Gasteiger partial charge in [0, 0.05) is 17.8 Å². The Morgan fingerprint density at radius 2 is 1.88 bits per heavy atom. The van der Waals surface area contributed by atoms with Crippen molar-refractivity contribution in [1.82, 2.24) is 20.1 Å². The van der Waals surface area contributed by atoms with Crippen molar-refractivity contribution in [3.05, 3.63) is 82.4 Å². The second kappa shape index (κ2) is 7.74. The van der Waals surface area contributed by atoms with Gasteiger partial charge >= 0.3 is 0 Å². The molecule has 132 valence electrons. The summed E-state index contributed by atoms with van der Waals surface area (Å²) in [5.41, 5.74) is 3.12. The van der Waals surface area contributed by atoms with E-state index in [1.807, 2.05) is 49.4 Å². The first-order valence-electron chi connectivity index (χ1n) is 8.39. The fraction of sp³-hybridized carbons (Fsp3) is 0.200. The molecule has 26 heavy (non-hydrogen) atoms. The van der Waals surface area contributed by atoms with Gasteiger partial charge in [0.05, 0.1) is 17.9 Å². The molecular weight excluding hydrogens is 328 g/mol. The maximum atomic E-state index is 12.4. The van der Waals surface area contributed by atoms with Gasteiger partial charge in [-0.15, -0.1) is 0 Å². The molecule has 1 N–H and O–H groups in total. The molecule has 6 nitrogen and oxygen atoms in total. The summed E-state index contributed by atoms with van der Waals surface area (Å²) >= 11 is 0. The molecular formula is C20H20N4O2. The molecule has 0 aliphatic rings. The average molecular weight is 348 g/mol. The van der Waals surface area contributed by atoms with E-state index in [-0.39, 0.29) is 11.5 Å². The monoisotopic (exact) mass is 348 g/mol. The zero-order valence-corrected chi connectivity index (χ0v) is 14.7. The lowest BCUT2D eigenvalue weighted by atomic mass is 10.1. The van der Waals surface area contributed by atoms with Gasteiger partial charge in [0.2, 0.25) is 5.91 Å². The maximum Gasteiger partial charge on any atom is 0.267 e. The number of carbonyl (C=O) groups is 1. The van der Waals surface area contributed by atoms with Gasteiger partial charge in [-0.3, -0.25) is 14.6 Å². The summed E-state index contributed by atoms with van der Waals surface area (Å²) in [4.78, 5) is 28.8. The van der Waals surface area contributed by atoms with E-state index in [0.29, 0.717) is 12.2 Å². The summed E-state index contributed by atoms with van der Waals surface area (Å²) in [5, 5.41) is 7.17. The van der Waals surface area contributed by atoms with Gasteiger partial charge in [-0.1, -0.05) is 35.9 Å². The Bertz CT molecular complexity index is 950. The number of aryl methyl sites for hydroxylation is 1. The van der Waals surface area contributed by atoms with Crippen LogP contribution >= 0.6 is 0 Å². The lowest BCUT2D eigenvalue weighted by molar-refractivity contribution is -0.124. The summed E-state index contributed by atoms with van der Waals surface area (Å²) in [6.07, 6.45) is 1.67. The topological polar surface area (TPSA) is 76.9 Å². The molecule has 2 heterocycles. The lowest BCUT2D eigenvalue weighted by Crippen LogP contribution is -2.36. The molecule has 3 rings (SSSR count). The van der Waals surface area contributed by atoms with Crippen LogP contribution in [-0.4, -0.2) is 20.7 Å². The van der Waals surface area contributed by atoms with Crippen LogP contribution in [0.3, 0.4) is 0 Å². The highest BCUT2D eigenvalue weighted by atomic mass is 16.2. The molecule has 2 aromatic heterocycles. The SMILES string of the molecule is Cc1ccc(-c2ccc(=O)n(C(C)C(=O)NCc3ccccn3)n2)cc1. The third-order valence-corrected chi connectivity index (χ3v) is 4.09. The third kappa shape index (κ3) is 4.03. The van der Waals surface area contributed by atoms with Crippen LogP contribution in [0.25, 0.3) is 11.3 Å². The average Bonchev–Trinajstić information content (AvgIpc) is 2.67. The number of nitrogens with zero attached hydrogens (tertiary/aromatic N) is 3. The molecule has 0 aliphatic carbocycles. The van der Waals surface area contributed by atoms with E-state index in [0.717, 1.165) is 16.8 Å². The van der Waals surface area contributed by atoms with Crippen molar-refractivity contribution in [1.29, 1.82) is 0 Å². The Morgan fingerprint density at radius 3 is 2.58 bits per heavy atom. The highest BCUT2D eigenvalue weighted by Crippen LogP contribution is 2.16. The molecule has 0 spiro atoms. The van der Waals surface area contributed by atoms with E-state index in [4.69, 9.17) is 0 Å². The van der Waals surface area contributed by atoms with Gasteiger partial charge in [0.1, 0.15) is 6.04 Å². The summed E-state index contributed by atoms with van der Waals surface area (Å²) in [6.45, 7) is 3.96. The number of amides is 1. The maximum absolute atomic E-state index is 12.4. The van der Waals surface area contributed by atoms with Crippen LogP contribution in [-0.2, 0) is 11.3 Å². The van der Waals surface area contributed by atoms with E-state index >= 15 is 0 Å². The molecule has 3 aromatic rings. The number of nitrogens with one attached hydrogen (secondary N) is 1. The van der Waals surface area contributed by atoms with Crippen molar-refractivity contribution >= 4 is 5.91 Å². The Hall–Kier alpha value is -3.28.